The first-order valence-corrected chi connectivity index (χ1v) is 6.88. The summed E-state index contributed by atoms with van der Waals surface area (Å²) in [6.07, 6.45) is 2.46. The molecule has 0 radical (unpaired) electrons. The van der Waals surface area contributed by atoms with Gasteiger partial charge in [-0.05, 0) is 43.7 Å². The lowest BCUT2D eigenvalue weighted by molar-refractivity contribution is 0.0648. The fraction of sp³-hybridized carbons (Fsp3) is 0.533. The Morgan fingerprint density at radius 2 is 2.15 bits per heavy atom. The highest BCUT2D eigenvalue weighted by molar-refractivity contribution is 5.94. The number of aliphatic hydroxyl groups excluding tert-OH is 1. The SMILES string of the molecule is Cc1cc(C(=O)N2CCCC(CCO)C2)c(F)cc1F. The maximum atomic E-state index is 13.8. The number of nitrogens with zero attached hydrogens (tertiary/aromatic N) is 1. The van der Waals surface area contributed by atoms with E-state index < -0.39 is 17.5 Å². The Labute approximate surface area is 117 Å². The van der Waals surface area contributed by atoms with E-state index in [2.05, 4.69) is 0 Å². The number of carbonyl (C=O) groups is 1. The lowest BCUT2D eigenvalue weighted by Gasteiger charge is -2.32. The molecule has 1 aromatic rings. The van der Waals surface area contributed by atoms with E-state index in [1.54, 1.807) is 4.90 Å². The van der Waals surface area contributed by atoms with Gasteiger partial charge < -0.3 is 10.0 Å². The molecule has 0 spiro atoms. The van der Waals surface area contributed by atoms with E-state index >= 15 is 0 Å². The highest BCUT2D eigenvalue weighted by Crippen LogP contribution is 2.23. The molecule has 1 fully saturated rings. The number of carbonyl (C=O) groups excluding carboxylic acids is 1. The van der Waals surface area contributed by atoms with Crippen LogP contribution in [0.3, 0.4) is 0 Å². The minimum absolute atomic E-state index is 0.0754. The summed E-state index contributed by atoms with van der Waals surface area (Å²) in [7, 11) is 0. The van der Waals surface area contributed by atoms with Gasteiger partial charge in [0.25, 0.3) is 5.91 Å². The van der Waals surface area contributed by atoms with Gasteiger partial charge >= 0.3 is 0 Å². The molecule has 1 saturated heterocycles. The van der Waals surface area contributed by atoms with E-state index in [0.717, 1.165) is 18.9 Å². The first-order valence-electron chi connectivity index (χ1n) is 6.88. The van der Waals surface area contributed by atoms with Crippen LogP contribution in [0.2, 0.25) is 0 Å². The van der Waals surface area contributed by atoms with Gasteiger partial charge in [0.05, 0.1) is 5.56 Å². The van der Waals surface area contributed by atoms with Crippen molar-refractivity contribution in [3.05, 3.63) is 34.9 Å². The number of benzene rings is 1. The monoisotopic (exact) mass is 283 g/mol. The molecule has 1 amide bonds. The maximum Gasteiger partial charge on any atom is 0.256 e. The van der Waals surface area contributed by atoms with Crippen LogP contribution in [0.15, 0.2) is 12.1 Å². The molecule has 0 bridgehead atoms. The molecule has 2 rings (SSSR count). The van der Waals surface area contributed by atoms with Crippen molar-refractivity contribution in [1.29, 1.82) is 0 Å². The minimum atomic E-state index is -0.817. The molecule has 1 atom stereocenters. The second-order valence-corrected chi connectivity index (χ2v) is 5.35. The summed E-state index contributed by atoms with van der Waals surface area (Å²) in [5.41, 5.74) is 0.187. The third-order valence-corrected chi connectivity index (χ3v) is 3.82. The maximum absolute atomic E-state index is 13.8. The third kappa shape index (κ3) is 3.15. The van der Waals surface area contributed by atoms with Crippen molar-refractivity contribution in [2.24, 2.45) is 5.92 Å². The van der Waals surface area contributed by atoms with E-state index in [4.69, 9.17) is 5.11 Å². The van der Waals surface area contributed by atoms with Crippen LogP contribution in [0, 0.1) is 24.5 Å². The summed E-state index contributed by atoms with van der Waals surface area (Å²) < 4.78 is 27.0. The number of hydrogen-bond acceptors (Lipinski definition) is 2. The molecule has 1 aromatic carbocycles. The molecule has 110 valence electrons. The van der Waals surface area contributed by atoms with Crippen LogP contribution in [0.5, 0.6) is 0 Å². The molecule has 1 heterocycles. The molecule has 0 saturated carbocycles. The topological polar surface area (TPSA) is 40.5 Å². The molecular weight excluding hydrogens is 264 g/mol. The molecule has 1 N–H and O–H groups in total. The first kappa shape index (κ1) is 14.9. The Hall–Kier alpha value is -1.49. The Morgan fingerprint density at radius 1 is 1.40 bits per heavy atom. The van der Waals surface area contributed by atoms with Gasteiger partial charge in [0, 0.05) is 25.8 Å². The lowest BCUT2D eigenvalue weighted by Crippen LogP contribution is -2.40. The van der Waals surface area contributed by atoms with Crippen molar-refractivity contribution in [2.45, 2.75) is 26.2 Å². The van der Waals surface area contributed by atoms with Gasteiger partial charge in [-0.1, -0.05) is 0 Å². The average Bonchev–Trinajstić information content (AvgIpc) is 2.43. The van der Waals surface area contributed by atoms with Crippen molar-refractivity contribution in [2.75, 3.05) is 19.7 Å². The zero-order chi connectivity index (χ0) is 14.7. The van der Waals surface area contributed by atoms with Gasteiger partial charge in [-0.15, -0.1) is 0 Å². The van der Waals surface area contributed by atoms with E-state index in [1.807, 2.05) is 0 Å². The second-order valence-electron chi connectivity index (χ2n) is 5.35. The number of likely N-dealkylation sites (tertiary alicyclic amines) is 1. The Kier molecular flexibility index (Phi) is 4.70. The molecule has 0 aromatic heterocycles. The molecule has 0 aliphatic carbocycles. The van der Waals surface area contributed by atoms with Crippen molar-refractivity contribution in [3.63, 3.8) is 0 Å². The normalized spacial score (nSPS) is 19.2. The fourth-order valence-electron chi connectivity index (χ4n) is 2.66. The van der Waals surface area contributed by atoms with Crippen molar-refractivity contribution in [3.8, 4) is 0 Å². The van der Waals surface area contributed by atoms with Crippen LogP contribution in [0.1, 0.15) is 35.2 Å². The van der Waals surface area contributed by atoms with Crippen LogP contribution in [-0.4, -0.2) is 35.6 Å². The van der Waals surface area contributed by atoms with Gasteiger partial charge in [-0.3, -0.25) is 4.79 Å². The summed E-state index contributed by atoms with van der Waals surface area (Å²) in [5, 5.41) is 8.97. The van der Waals surface area contributed by atoms with Crippen LogP contribution in [-0.2, 0) is 0 Å². The standard InChI is InChI=1S/C15H19F2NO2/c1-10-7-12(14(17)8-13(10)16)15(20)18-5-2-3-11(9-18)4-6-19/h7-8,11,19H,2-6,9H2,1H3. The molecule has 20 heavy (non-hydrogen) atoms. The molecule has 1 aliphatic rings. The number of hydrogen-bond donors (Lipinski definition) is 1. The smallest absolute Gasteiger partial charge is 0.256 e. The average molecular weight is 283 g/mol. The third-order valence-electron chi connectivity index (χ3n) is 3.82. The molecular formula is C15H19F2NO2. The second kappa shape index (κ2) is 6.31. The summed E-state index contributed by atoms with van der Waals surface area (Å²) in [6, 6.07) is 2.03. The van der Waals surface area contributed by atoms with Gasteiger partial charge in [-0.25, -0.2) is 8.78 Å². The van der Waals surface area contributed by atoms with E-state index in [1.165, 1.54) is 13.0 Å². The number of amides is 1. The number of aliphatic hydroxyl groups is 1. The Bertz CT molecular complexity index is 503. The highest BCUT2D eigenvalue weighted by atomic mass is 19.1. The van der Waals surface area contributed by atoms with Crippen LogP contribution >= 0.6 is 0 Å². The number of halogens is 2. The zero-order valence-electron chi connectivity index (χ0n) is 11.5. The number of rotatable bonds is 3. The molecule has 3 nitrogen and oxygen atoms in total. The Balaban J connectivity index is 2.16. The highest BCUT2D eigenvalue weighted by Gasteiger charge is 2.26. The first-order chi connectivity index (χ1) is 9.52. The quantitative estimate of drug-likeness (QED) is 0.926. The fourth-order valence-corrected chi connectivity index (χ4v) is 2.66. The van der Waals surface area contributed by atoms with Crippen LogP contribution in [0.4, 0.5) is 8.78 Å². The van der Waals surface area contributed by atoms with Gasteiger partial charge in [0.2, 0.25) is 0 Å². The predicted octanol–water partition coefficient (Wildman–Crippen LogP) is 2.51. The van der Waals surface area contributed by atoms with Gasteiger partial charge in [0.1, 0.15) is 11.6 Å². The predicted molar refractivity (Wildman–Crippen MR) is 71.4 cm³/mol. The summed E-state index contributed by atoms with van der Waals surface area (Å²) in [5.74, 6) is -1.60. The Morgan fingerprint density at radius 3 is 2.85 bits per heavy atom. The number of aryl methyl sites for hydroxylation is 1. The molecule has 5 heteroatoms. The zero-order valence-corrected chi connectivity index (χ0v) is 11.5. The van der Waals surface area contributed by atoms with Crippen LogP contribution < -0.4 is 0 Å². The van der Waals surface area contributed by atoms with E-state index in [0.29, 0.717) is 19.5 Å². The lowest BCUT2D eigenvalue weighted by atomic mass is 9.94. The van der Waals surface area contributed by atoms with Gasteiger partial charge in [0.15, 0.2) is 0 Å². The van der Waals surface area contributed by atoms with Crippen LogP contribution in [0.25, 0.3) is 0 Å². The number of piperidine rings is 1. The van der Waals surface area contributed by atoms with Crippen molar-refractivity contribution < 1.29 is 18.7 Å². The molecule has 1 aliphatic heterocycles. The van der Waals surface area contributed by atoms with E-state index in [-0.39, 0.29) is 23.7 Å². The largest absolute Gasteiger partial charge is 0.396 e. The summed E-state index contributed by atoms with van der Waals surface area (Å²) in [4.78, 5) is 13.9. The minimum Gasteiger partial charge on any atom is -0.396 e. The van der Waals surface area contributed by atoms with Crippen molar-refractivity contribution >= 4 is 5.91 Å². The van der Waals surface area contributed by atoms with E-state index in [9.17, 15) is 13.6 Å². The summed E-state index contributed by atoms with van der Waals surface area (Å²) in [6.45, 7) is 2.71. The van der Waals surface area contributed by atoms with Gasteiger partial charge in [-0.2, -0.15) is 0 Å². The summed E-state index contributed by atoms with van der Waals surface area (Å²) >= 11 is 0. The van der Waals surface area contributed by atoms with Crippen molar-refractivity contribution in [1.82, 2.24) is 4.90 Å². The molecule has 1 unspecified atom stereocenters.